The maximum Gasteiger partial charge on any atom is 0.321 e. The van der Waals surface area contributed by atoms with E-state index in [1.807, 2.05) is 6.92 Å². The fourth-order valence-corrected chi connectivity index (χ4v) is 2.37. The van der Waals surface area contributed by atoms with E-state index in [1.165, 1.54) is 4.90 Å². The summed E-state index contributed by atoms with van der Waals surface area (Å²) in [5.74, 6) is -0.210. The maximum atomic E-state index is 12.2. The van der Waals surface area contributed by atoms with Gasteiger partial charge < -0.3 is 24.8 Å². The van der Waals surface area contributed by atoms with Gasteiger partial charge in [-0.2, -0.15) is 0 Å². The average Bonchev–Trinajstić information content (AvgIpc) is 2.98. The molecule has 1 aromatic carbocycles. The summed E-state index contributed by atoms with van der Waals surface area (Å²) >= 11 is 0. The minimum Gasteiger partial charge on any atom is -0.493 e. The van der Waals surface area contributed by atoms with Gasteiger partial charge in [-0.1, -0.05) is 0 Å². The second kappa shape index (κ2) is 7.02. The van der Waals surface area contributed by atoms with E-state index in [2.05, 4.69) is 5.32 Å². The van der Waals surface area contributed by atoms with Crippen molar-refractivity contribution in [2.24, 2.45) is 5.92 Å². The highest BCUT2D eigenvalue weighted by atomic mass is 16.5. The number of nitrogens with zero attached hydrogens (tertiary/aromatic N) is 1. The molecule has 1 saturated heterocycles. The smallest absolute Gasteiger partial charge is 0.321 e. The molecule has 22 heavy (non-hydrogen) atoms. The van der Waals surface area contributed by atoms with Crippen molar-refractivity contribution in [2.45, 2.75) is 13.3 Å². The van der Waals surface area contributed by atoms with Crippen LogP contribution in [0.1, 0.15) is 13.3 Å². The summed E-state index contributed by atoms with van der Waals surface area (Å²) in [5.41, 5.74) is 0.577. The van der Waals surface area contributed by atoms with E-state index in [1.54, 1.807) is 25.3 Å². The van der Waals surface area contributed by atoms with Crippen molar-refractivity contribution in [3.8, 4) is 11.5 Å². The molecule has 7 nitrogen and oxygen atoms in total. The van der Waals surface area contributed by atoms with Gasteiger partial charge in [0.05, 0.1) is 19.6 Å². The van der Waals surface area contributed by atoms with E-state index < -0.39 is 11.9 Å². The molecule has 0 spiro atoms. The Kier molecular flexibility index (Phi) is 5.08. The molecule has 120 valence electrons. The Balaban J connectivity index is 2.02. The quantitative estimate of drug-likeness (QED) is 0.869. The highest BCUT2D eigenvalue weighted by molar-refractivity contribution is 5.90. The molecule has 0 radical (unpaired) electrons. The number of likely N-dealkylation sites (tertiary alicyclic amines) is 1. The van der Waals surface area contributed by atoms with Gasteiger partial charge in [-0.15, -0.1) is 0 Å². The van der Waals surface area contributed by atoms with Gasteiger partial charge in [-0.25, -0.2) is 4.79 Å². The average molecular weight is 308 g/mol. The highest BCUT2D eigenvalue weighted by Gasteiger charge is 2.30. The van der Waals surface area contributed by atoms with Crippen LogP contribution in [0.4, 0.5) is 10.5 Å². The molecule has 1 aliphatic heterocycles. The predicted octanol–water partition coefficient (Wildman–Crippen LogP) is 2.03. The zero-order valence-corrected chi connectivity index (χ0v) is 12.7. The van der Waals surface area contributed by atoms with Crippen LogP contribution in [0.2, 0.25) is 0 Å². The topological polar surface area (TPSA) is 88.1 Å². The van der Waals surface area contributed by atoms with Gasteiger partial charge in [0.1, 0.15) is 0 Å². The lowest BCUT2D eigenvalue weighted by atomic mass is 10.1. The summed E-state index contributed by atoms with van der Waals surface area (Å²) in [6.45, 7) is 3.02. The molecular weight excluding hydrogens is 288 g/mol. The van der Waals surface area contributed by atoms with Crippen LogP contribution in [-0.2, 0) is 4.79 Å². The maximum absolute atomic E-state index is 12.2. The first-order valence-corrected chi connectivity index (χ1v) is 7.14. The number of ether oxygens (including phenoxy) is 2. The number of amides is 2. The third kappa shape index (κ3) is 3.60. The number of carboxylic acids is 1. The van der Waals surface area contributed by atoms with E-state index in [0.29, 0.717) is 36.8 Å². The van der Waals surface area contributed by atoms with Crippen molar-refractivity contribution in [3.63, 3.8) is 0 Å². The van der Waals surface area contributed by atoms with Crippen LogP contribution in [0, 0.1) is 5.92 Å². The van der Waals surface area contributed by atoms with Crippen LogP contribution >= 0.6 is 0 Å². The van der Waals surface area contributed by atoms with Gasteiger partial charge in [0, 0.05) is 24.8 Å². The zero-order valence-electron chi connectivity index (χ0n) is 12.7. The summed E-state index contributed by atoms with van der Waals surface area (Å²) in [5, 5.41) is 11.7. The van der Waals surface area contributed by atoms with E-state index in [4.69, 9.17) is 14.6 Å². The van der Waals surface area contributed by atoms with Gasteiger partial charge >= 0.3 is 12.0 Å². The van der Waals surface area contributed by atoms with Crippen molar-refractivity contribution in [1.29, 1.82) is 0 Å². The van der Waals surface area contributed by atoms with Gasteiger partial charge in [0.15, 0.2) is 11.5 Å². The van der Waals surface area contributed by atoms with E-state index in [-0.39, 0.29) is 12.6 Å². The lowest BCUT2D eigenvalue weighted by Gasteiger charge is -2.17. The van der Waals surface area contributed by atoms with Crippen LogP contribution in [0.5, 0.6) is 11.5 Å². The number of urea groups is 1. The molecule has 0 saturated carbocycles. The number of benzene rings is 1. The fourth-order valence-electron chi connectivity index (χ4n) is 2.37. The standard InChI is InChI=1S/C15H20N2O5/c1-3-22-13-8-11(4-5-12(13)21-2)16-15(20)17-7-6-10(9-17)14(18)19/h4-5,8,10H,3,6-7,9H2,1-2H3,(H,16,20)(H,18,19). The molecule has 1 fully saturated rings. The van der Waals surface area contributed by atoms with Gasteiger partial charge in [0.25, 0.3) is 0 Å². The first kappa shape index (κ1) is 15.9. The SMILES string of the molecule is CCOc1cc(NC(=O)N2CCC(C(=O)O)C2)ccc1OC. The predicted molar refractivity (Wildman–Crippen MR) is 80.5 cm³/mol. The van der Waals surface area contributed by atoms with Crippen molar-refractivity contribution >= 4 is 17.7 Å². The lowest BCUT2D eigenvalue weighted by Crippen LogP contribution is -2.33. The van der Waals surface area contributed by atoms with E-state index >= 15 is 0 Å². The molecule has 1 heterocycles. The summed E-state index contributed by atoms with van der Waals surface area (Å²) in [6.07, 6.45) is 0.482. The minimum absolute atomic E-state index is 0.232. The molecule has 0 aromatic heterocycles. The number of aliphatic carboxylic acids is 1. The molecule has 0 aliphatic carbocycles. The van der Waals surface area contributed by atoms with Crippen LogP contribution in [0.3, 0.4) is 0 Å². The normalized spacial score (nSPS) is 17.2. The van der Waals surface area contributed by atoms with Crippen molar-refractivity contribution < 1.29 is 24.2 Å². The van der Waals surface area contributed by atoms with Crippen molar-refractivity contribution in [2.75, 3.05) is 32.1 Å². The van der Waals surface area contributed by atoms with Crippen LogP contribution in [0.15, 0.2) is 18.2 Å². The number of carboxylic acid groups (broad SMARTS) is 1. The summed E-state index contributed by atoms with van der Waals surface area (Å²) in [4.78, 5) is 24.6. The van der Waals surface area contributed by atoms with E-state index in [0.717, 1.165) is 0 Å². The first-order chi connectivity index (χ1) is 10.5. The van der Waals surface area contributed by atoms with Crippen LogP contribution < -0.4 is 14.8 Å². The van der Waals surface area contributed by atoms with Crippen LogP contribution in [0.25, 0.3) is 0 Å². The molecule has 2 amide bonds. The fraction of sp³-hybridized carbons (Fsp3) is 0.467. The molecule has 1 unspecified atom stereocenters. The molecule has 7 heteroatoms. The monoisotopic (exact) mass is 308 g/mol. The Morgan fingerprint density at radius 3 is 2.77 bits per heavy atom. The minimum atomic E-state index is -0.863. The summed E-state index contributed by atoms with van der Waals surface area (Å²) in [6, 6.07) is 4.80. The Morgan fingerprint density at radius 2 is 2.18 bits per heavy atom. The Bertz CT molecular complexity index is 561. The van der Waals surface area contributed by atoms with E-state index in [9.17, 15) is 9.59 Å². The number of hydrogen-bond donors (Lipinski definition) is 2. The summed E-state index contributed by atoms with van der Waals surface area (Å²) < 4.78 is 10.6. The number of carbonyl (C=O) groups excluding carboxylic acids is 1. The van der Waals surface area contributed by atoms with Gasteiger partial charge in [-0.3, -0.25) is 4.79 Å². The second-order valence-corrected chi connectivity index (χ2v) is 5.00. The third-order valence-corrected chi connectivity index (χ3v) is 3.54. The Morgan fingerprint density at radius 1 is 1.41 bits per heavy atom. The first-order valence-electron chi connectivity index (χ1n) is 7.14. The van der Waals surface area contributed by atoms with Gasteiger partial charge in [0.2, 0.25) is 0 Å². The van der Waals surface area contributed by atoms with Crippen LogP contribution in [-0.4, -0.2) is 48.8 Å². The number of methoxy groups -OCH3 is 1. The Labute approximate surface area is 128 Å². The van der Waals surface area contributed by atoms with Crippen molar-refractivity contribution in [1.82, 2.24) is 4.90 Å². The second-order valence-electron chi connectivity index (χ2n) is 5.00. The lowest BCUT2D eigenvalue weighted by molar-refractivity contribution is -0.141. The van der Waals surface area contributed by atoms with Gasteiger partial charge in [-0.05, 0) is 25.5 Å². The molecular formula is C15H20N2O5. The molecule has 2 N–H and O–H groups in total. The molecule has 2 rings (SSSR count). The number of rotatable bonds is 5. The number of hydrogen-bond acceptors (Lipinski definition) is 4. The molecule has 1 atom stereocenters. The number of carbonyl (C=O) groups is 2. The third-order valence-electron chi connectivity index (χ3n) is 3.54. The highest BCUT2D eigenvalue weighted by Crippen LogP contribution is 2.30. The largest absolute Gasteiger partial charge is 0.493 e. The molecule has 0 bridgehead atoms. The van der Waals surface area contributed by atoms with Crippen molar-refractivity contribution in [3.05, 3.63) is 18.2 Å². The Hall–Kier alpha value is -2.44. The number of anilines is 1. The molecule has 1 aliphatic rings. The summed E-state index contributed by atoms with van der Waals surface area (Å²) in [7, 11) is 1.55. The molecule has 1 aromatic rings. The zero-order chi connectivity index (χ0) is 16.1. The number of nitrogens with one attached hydrogen (secondary N) is 1.